The zero-order valence-electron chi connectivity index (χ0n) is 11.0. The second-order valence-corrected chi connectivity index (χ2v) is 4.87. The van der Waals surface area contributed by atoms with Gasteiger partial charge in [0.25, 0.3) is 0 Å². The highest BCUT2D eigenvalue weighted by Gasteiger charge is 2.09. The zero-order valence-corrected chi connectivity index (χ0v) is 11.0. The molecule has 0 aliphatic carbocycles. The average molecular weight is 227 g/mol. The third-order valence-corrected chi connectivity index (χ3v) is 2.48. The fraction of sp³-hybridized carbons (Fsp3) is 0.846. The molecule has 0 radical (unpaired) electrons. The Morgan fingerprint density at radius 1 is 1.00 bits per heavy atom. The van der Waals surface area contributed by atoms with Crippen molar-refractivity contribution >= 4 is 11.6 Å². The summed E-state index contributed by atoms with van der Waals surface area (Å²) in [5, 5.41) is 3.26. The molecule has 0 aliphatic heterocycles. The van der Waals surface area contributed by atoms with E-state index < -0.39 is 0 Å². The van der Waals surface area contributed by atoms with E-state index in [0.29, 0.717) is 25.3 Å². The second kappa shape index (κ2) is 8.45. The standard InChI is InChI=1S/C13H25NO2/c1-10(2)13(16)8-7-12(15)6-5-9-14-11(3)4/h10-11,14H,5-9H2,1-4H3. The van der Waals surface area contributed by atoms with E-state index in [0.717, 1.165) is 13.0 Å². The molecule has 0 amide bonds. The minimum absolute atomic E-state index is 0.0513. The highest BCUT2D eigenvalue weighted by Crippen LogP contribution is 2.04. The Morgan fingerprint density at radius 3 is 2.12 bits per heavy atom. The molecule has 3 heteroatoms. The summed E-state index contributed by atoms with van der Waals surface area (Å²) in [5.74, 6) is 0.448. The zero-order chi connectivity index (χ0) is 12.6. The van der Waals surface area contributed by atoms with Crippen LogP contribution in [0.3, 0.4) is 0 Å². The van der Waals surface area contributed by atoms with Crippen LogP contribution < -0.4 is 5.32 Å². The average Bonchev–Trinajstić information content (AvgIpc) is 2.20. The van der Waals surface area contributed by atoms with Gasteiger partial charge in [0.15, 0.2) is 0 Å². The summed E-state index contributed by atoms with van der Waals surface area (Å²) >= 11 is 0. The lowest BCUT2D eigenvalue weighted by Crippen LogP contribution is -2.24. The molecule has 0 saturated carbocycles. The topological polar surface area (TPSA) is 46.2 Å². The van der Waals surface area contributed by atoms with Gasteiger partial charge in [-0.2, -0.15) is 0 Å². The molecule has 16 heavy (non-hydrogen) atoms. The molecular weight excluding hydrogens is 202 g/mol. The van der Waals surface area contributed by atoms with Gasteiger partial charge in [-0.25, -0.2) is 0 Å². The number of hydrogen-bond donors (Lipinski definition) is 1. The molecule has 0 rings (SSSR count). The van der Waals surface area contributed by atoms with Crippen molar-refractivity contribution in [1.29, 1.82) is 0 Å². The lowest BCUT2D eigenvalue weighted by Gasteiger charge is -2.07. The van der Waals surface area contributed by atoms with Crippen LogP contribution in [0.25, 0.3) is 0 Å². The molecule has 0 saturated heterocycles. The fourth-order valence-corrected chi connectivity index (χ4v) is 1.35. The Hall–Kier alpha value is -0.700. The molecule has 0 bridgehead atoms. The van der Waals surface area contributed by atoms with Gasteiger partial charge in [-0.05, 0) is 13.0 Å². The number of hydrogen-bond acceptors (Lipinski definition) is 3. The molecule has 0 aliphatic rings. The summed E-state index contributed by atoms with van der Waals surface area (Å²) in [6, 6.07) is 0.470. The molecule has 0 aromatic carbocycles. The Labute approximate surface area is 99.0 Å². The molecule has 0 heterocycles. The molecule has 0 spiro atoms. The summed E-state index contributed by atoms with van der Waals surface area (Å²) in [6.45, 7) is 8.80. The largest absolute Gasteiger partial charge is 0.315 e. The monoisotopic (exact) mass is 227 g/mol. The molecule has 94 valence electrons. The molecule has 3 nitrogen and oxygen atoms in total. The van der Waals surface area contributed by atoms with Gasteiger partial charge in [-0.15, -0.1) is 0 Å². The van der Waals surface area contributed by atoms with Gasteiger partial charge in [-0.1, -0.05) is 27.7 Å². The van der Waals surface area contributed by atoms with Crippen LogP contribution in [0.15, 0.2) is 0 Å². The highest BCUT2D eigenvalue weighted by molar-refractivity contribution is 5.86. The molecule has 0 unspecified atom stereocenters. The van der Waals surface area contributed by atoms with E-state index in [1.165, 1.54) is 0 Å². The predicted molar refractivity (Wildman–Crippen MR) is 66.5 cm³/mol. The van der Waals surface area contributed by atoms with E-state index >= 15 is 0 Å². The first-order chi connectivity index (χ1) is 7.43. The highest BCUT2D eigenvalue weighted by atomic mass is 16.1. The fourth-order valence-electron chi connectivity index (χ4n) is 1.35. The van der Waals surface area contributed by atoms with Crippen molar-refractivity contribution in [2.24, 2.45) is 5.92 Å². The number of Topliss-reactive ketones (excluding diaryl/α,β-unsaturated/α-hetero) is 2. The van der Waals surface area contributed by atoms with Crippen molar-refractivity contribution in [3.63, 3.8) is 0 Å². The van der Waals surface area contributed by atoms with E-state index in [1.54, 1.807) is 0 Å². The number of carbonyl (C=O) groups is 2. The van der Waals surface area contributed by atoms with E-state index in [9.17, 15) is 9.59 Å². The Bertz CT molecular complexity index is 222. The summed E-state index contributed by atoms with van der Waals surface area (Å²) in [4.78, 5) is 22.7. The van der Waals surface area contributed by atoms with Crippen molar-refractivity contribution in [3.05, 3.63) is 0 Å². The van der Waals surface area contributed by atoms with Crippen molar-refractivity contribution in [2.45, 2.75) is 59.4 Å². The first kappa shape index (κ1) is 15.3. The van der Waals surface area contributed by atoms with E-state index in [4.69, 9.17) is 0 Å². The van der Waals surface area contributed by atoms with Crippen LogP contribution in [0.2, 0.25) is 0 Å². The number of rotatable bonds is 9. The van der Waals surface area contributed by atoms with Gasteiger partial charge in [0.2, 0.25) is 0 Å². The summed E-state index contributed by atoms with van der Waals surface area (Å²) in [7, 11) is 0. The van der Waals surface area contributed by atoms with Gasteiger partial charge >= 0.3 is 0 Å². The lowest BCUT2D eigenvalue weighted by molar-refractivity contribution is -0.125. The third kappa shape index (κ3) is 8.60. The molecule has 0 aromatic rings. The van der Waals surface area contributed by atoms with Crippen molar-refractivity contribution in [1.82, 2.24) is 5.32 Å². The smallest absolute Gasteiger partial charge is 0.135 e. The number of ketones is 2. The van der Waals surface area contributed by atoms with Crippen LogP contribution in [0.5, 0.6) is 0 Å². The van der Waals surface area contributed by atoms with Crippen LogP contribution in [-0.4, -0.2) is 24.2 Å². The van der Waals surface area contributed by atoms with Crippen LogP contribution >= 0.6 is 0 Å². The summed E-state index contributed by atoms with van der Waals surface area (Å²) in [6.07, 6.45) is 2.28. The van der Waals surface area contributed by atoms with Crippen molar-refractivity contribution < 1.29 is 9.59 Å². The van der Waals surface area contributed by atoms with Crippen molar-refractivity contribution in [2.75, 3.05) is 6.54 Å². The van der Waals surface area contributed by atoms with Gasteiger partial charge in [-0.3, -0.25) is 9.59 Å². The van der Waals surface area contributed by atoms with Gasteiger partial charge in [0, 0.05) is 31.2 Å². The maximum Gasteiger partial charge on any atom is 0.135 e. The maximum absolute atomic E-state index is 11.4. The van der Waals surface area contributed by atoms with Crippen LogP contribution in [-0.2, 0) is 9.59 Å². The normalized spacial score (nSPS) is 11.1. The predicted octanol–water partition coefficient (Wildman–Crippen LogP) is 2.34. The molecule has 0 atom stereocenters. The van der Waals surface area contributed by atoms with Crippen LogP contribution in [0.1, 0.15) is 53.4 Å². The van der Waals surface area contributed by atoms with Crippen molar-refractivity contribution in [3.8, 4) is 0 Å². The summed E-state index contributed by atoms with van der Waals surface area (Å²) in [5.41, 5.74) is 0. The van der Waals surface area contributed by atoms with E-state index in [-0.39, 0.29) is 17.5 Å². The Kier molecular flexibility index (Phi) is 8.08. The molecular formula is C13H25NO2. The molecule has 1 N–H and O–H groups in total. The second-order valence-electron chi connectivity index (χ2n) is 4.87. The van der Waals surface area contributed by atoms with Gasteiger partial charge in [0.1, 0.15) is 11.6 Å². The minimum atomic E-state index is 0.0513. The van der Waals surface area contributed by atoms with E-state index in [1.807, 2.05) is 13.8 Å². The van der Waals surface area contributed by atoms with Gasteiger partial charge < -0.3 is 5.32 Å². The quantitative estimate of drug-likeness (QED) is 0.615. The van der Waals surface area contributed by atoms with Crippen LogP contribution in [0, 0.1) is 5.92 Å². The maximum atomic E-state index is 11.4. The minimum Gasteiger partial charge on any atom is -0.315 e. The van der Waals surface area contributed by atoms with Crippen LogP contribution in [0.4, 0.5) is 0 Å². The number of nitrogens with one attached hydrogen (secondary N) is 1. The third-order valence-electron chi connectivity index (χ3n) is 2.48. The number of carbonyl (C=O) groups excluding carboxylic acids is 2. The first-order valence-corrected chi connectivity index (χ1v) is 6.21. The molecule has 0 fully saturated rings. The SMILES string of the molecule is CC(C)NCCCC(=O)CCC(=O)C(C)C. The Balaban J connectivity index is 3.49. The van der Waals surface area contributed by atoms with E-state index in [2.05, 4.69) is 19.2 Å². The summed E-state index contributed by atoms with van der Waals surface area (Å²) < 4.78 is 0. The molecule has 0 aromatic heterocycles. The Morgan fingerprint density at radius 2 is 1.62 bits per heavy atom. The van der Waals surface area contributed by atoms with Gasteiger partial charge in [0.05, 0.1) is 0 Å². The lowest BCUT2D eigenvalue weighted by atomic mass is 10.0. The first-order valence-electron chi connectivity index (χ1n) is 6.21.